The van der Waals surface area contributed by atoms with Gasteiger partial charge in [-0.2, -0.15) is 9.97 Å². The summed E-state index contributed by atoms with van der Waals surface area (Å²) in [5.41, 5.74) is 1.92. The zero-order chi connectivity index (χ0) is 28.1. The Hall–Kier alpha value is -2.91. The molecule has 0 unspecified atom stereocenters. The van der Waals surface area contributed by atoms with E-state index in [0.29, 0.717) is 30.7 Å². The normalized spacial score (nSPS) is 24.1. The van der Waals surface area contributed by atoms with Gasteiger partial charge in [-0.3, -0.25) is 9.88 Å². The summed E-state index contributed by atoms with van der Waals surface area (Å²) in [5.74, 6) is 0.231. The molecule has 214 valence electrons. The van der Waals surface area contributed by atoms with Crippen LogP contribution in [-0.2, 0) is 0 Å². The Morgan fingerprint density at radius 2 is 1.95 bits per heavy atom. The van der Waals surface area contributed by atoms with Crippen molar-refractivity contribution in [3.05, 3.63) is 41.8 Å². The molecule has 0 bridgehead atoms. The average Bonchev–Trinajstić information content (AvgIpc) is 3.42. The lowest BCUT2D eigenvalue weighted by Gasteiger charge is -2.47. The van der Waals surface area contributed by atoms with E-state index in [0.717, 1.165) is 43.4 Å². The van der Waals surface area contributed by atoms with Crippen molar-refractivity contribution in [3.8, 4) is 17.3 Å². The van der Waals surface area contributed by atoms with E-state index in [1.165, 1.54) is 6.42 Å². The Labute approximate surface area is 235 Å². The third kappa shape index (κ3) is 4.71. The summed E-state index contributed by atoms with van der Waals surface area (Å²) in [5, 5.41) is 4.02. The van der Waals surface area contributed by atoms with Gasteiger partial charge in [-0.25, -0.2) is 8.78 Å². The molecule has 7 nitrogen and oxygen atoms in total. The fraction of sp³-hybridized carbons (Fsp3) is 0.581. The van der Waals surface area contributed by atoms with Gasteiger partial charge in [-0.15, -0.1) is 0 Å². The highest BCUT2D eigenvalue weighted by Crippen LogP contribution is 2.41. The number of anilines is 1. The maximum absolute atomic E-state index is 16.3. The molecule has 3 fully saturated rings. The molecule has 2 aromatic heterocycles. The highest BCUT2D eigenvalue weighted by molar-refractivity contribution is 5.91. The van der Waals surface area contributed by atoms with Crippen LogP contribution in [0.2, 0.25) is 0 Å². The summed E-state index contributed by atoms with van der Waals surface area (Å²) in [4.78, 5) is 18.3. The molecular formula is C31H40F2N6O. The monoisotopic (exact) mass is 550 g/mol. The molecule has 6 rings (SSSR count). The largest absolute Gasteiger partial charge is 0.461 e. The van der Waals surface area contributed by atoms with E-state index in [2.05, 4.69) is 53.0 Å². The molecule has 1 N–H and O–H groups in total. The Bertz CT molecular complexity index is 1390. The van der Waals surface area contributed by atoms with Gasteiger partial charge < -0.3 is 15.0 Å². The van der Waals surface area contributed by atoms with Crippen molar-refractivity contribution in [2.75, 3.05) is 45.7 Å². The fourth-order valence-corrected chi connectivity index (χ4v) is 6.90. The maximum atomic E-state index is 16.3. The Balaban J connectivity index is 1.39. The van der Waals surface area contributed by atoms with E-state index < -0.39 is 12.0 Å². The molecule has 0 radical (unpaired) electrons. The van der Waals surface area contributed by atoms with E-state index in [9.17, 15) is 4.39 Å². The van der Waals surface area contributed by atoms with Crippen LogP contribution in [0.3, 0.4) is 0 Å². The number of fused-ring (bicyclic) bond motifs is 2. The number of hydrogen-bond acceptors (Lipinski definition) is 7. The number of benzene rings is 1. The van der Waals surface area contributed by atoms with Gasteiger partial charge >= 0.3 is 6.01 Å². The van der Waals surface area contributed by atoms with Crippen LogP contribution in [0.4, 0.5) is 14.6 Å². The number of hydrogen-bond donors (Lipinski definition) is 1. The number of rotatable bonds is 9. The molecule has 3 aromatic rings. The van der Waals surface area contributed by atoms with Crippen LogP contribution in [0, 0.1) is 5.82 Å². The van der Waals surface area contributed by atoms with E-state index >= 15 is 4.39 Å². The van der Waals surface area contributed by atoms with E-state index in [1.807, 2.05) is 24.3 Å². The number of alkyl halides is 1. The number of halogens is 2. The maximum Gasteiger partial charge on any atom is 0.319 e. The van der Waals surface area contributed by atoms with Crippen LogP contribution in [0.15, 0.2) is 30.5 Å². The highest BCUT2D eigenvalue weighted by Gasteiger charge is 2.49. The summed E-state index contributed by atoms with van der Waals surface area (Å²) < 4.78 is 36.9. The third-order valence-electron chi connectivity index (χ3n) is 9.55. The SMILES string of the molecule is CC(C)c1ccccc1-c1ncc2c(NCC3(N(C)C)CCC3)nc(OC[C@@]34CCCN3C[C@H](F)C4)nc2c1F. The summed E-state index contributed by atoms with van der Waals surface area (Å²) in [6, 6.07) is 7.90. The van der Waals surface area contributed by atoms with Crippen LogP contribution in [0.5, 0.6) is 6.01 Å². The molecule has 9 heteroatoms. The minimum Gasteiger partial charge on any atom is -0.461 e. The first-order valence-corrected chi connectivity index (χ1v) is 14.6. The van der Waals surface area contributed by atoms with Crippen molar-refractivity contribution in [2.45, 2.75) is 75.5 Å². The second-order valence-electron chi connectivity index (χ2n) is 12.5. The number of aromatic nitrogens is 3. The number of pyridine rings is 1. The quantitative estimate of drug-likeness (QED) is 0.361. The molecule has 0 amide bonds. The molecule has 2 saturated heterocycles. The van der Waals surface area contributed by atoms with Crippen LogP contribution < -0.4 is 10.1 Å². The van der Waals surface area contributed by atoms with Crippen molar-refractivity contribution >= 4 is 16.7 Å². The molecule has 0 spiro atoms. The standard InChI is InChI=1S/C31H40F2N6O/c1-20(2)22-9-5-6-10-23(22)26-25(33)27-24(16-34-26)28(35-18-30(38(3)4)11-7-12-30)37-29(36-27)40-19-31-13-8-14-39(31)17-21(32)15-31/h5-6,9-10,16,20-21H,7-8,11-15,17-19H2,1-4H3,(H,35,36,37)/t21-,31+/m1/s1. The summed E-state index contributed by atoms with van der Waals surface area (Å²) in [6.07, 6.45) is 6.53. The predicted molar refractivity (Wildman–Crippen MR) is 154 cm³/mol. The number of nitrogens with zero attached hydrogens (tertiary/aromatic N) is 5. The molecule has 1 aliphatic carbocycles. The van der Waals surface area contributed by atoms with Crippen molar-refractivity contribution < 1.29 is 13.5 Å². The number of likely N-dealkylation sites (N-methyl/N-ethyl adjacent to an activating group) is 1. The first kappa shape index (κ1) is 27.3. The molecule has 3 aliphatic rings. The molecule has 4 heterocycles. The predicted octanol–water partition coefficient (Wildman–Crippen LogP) is 5.81. The summed E-state index contributed by atoms with van der Waals surface area (Å²) >= 11 is 0. The van der Waals surface area contributed by atoms with Crippen molar-refractivity contribution in [1.82, 2.24) is 24.8 Å². The van der Waals surface area contributed by atoms with Gasteiger partial charge in [0, 0.05) is 36.8 Å². The minimum atomic E-state index is -0.851. The minimum absolute atomic E-state index is 0.0315. The third-order valence-corrected chi connectivity index (χ3v) is 9.55. The van der Waals surface area contributed by atoms with Crippen LogP contribution >= 0.6 is 0 Å². The van der Waals surface area contributed by atoms with E-state index in [4.69, 9.17) is 9.72 Å². The van der Waals surface area contributed by atoms with Crippen LogP contribution in [0.25, 0.3) is 22.2 Å². The smallest absolute Gasteiger partial charge is 0.319 e. The van der Waals surface area contributed by atoms with Gasteiger partial charge in [-0.05, 0) is 64.2 Å². The van der Waals surface area contributed by atoms with Crippen molar-refractivity contribution in [2.24, 2.45) is 0 Å². The fourth-order valence-electron chi connectivity index (χ4n) is 6.90. The molecule has 1 saturated carbocycles. The van der Waals surface area contributed by atoms with Crippen molar-refractivity contribution in [1.29, 1.82) is 0 Å². The van der Waals surface area contributed by atoms with E-state index in [-0.39, 0.29) is 40.8 Å². The second kappa shape index (κ2) is 10.5. The van der Waals surface area contributed by atoms with Gasteiger partial charge in [-0.1, -0.05) is 38.1 Å². The zero-order valence-electron chi connectivity index (χ0n) is 24.0. The Morgan fingerprint density at radius 3 is 2.67 bits per heavy atom. The zero-order valence-corrected chi connectivity index (χ0v) is 24.0. The molecule has 2 atom stereocenters. The summed E-state index contributed by atoms with van der Waals surface area (Å²) in [6.45, 7) is 6.46. The van der Waals surface area contributed by atoms with Gasteiger partial charge in [0.15, 0.2) is 5.82 Å². The number of ether oxygens (including phenoxy) is 1. The molecular weight excluding hydrogens is 510 g/mol. The second-order valence-corrected chi connectivity index (χ2v) is 12.5. The molecule has 2 aliphatic heterocycles. The lowest BCUT2D eigenvalue weighted by atomic mass is 9.75. The lowest BCUT2D eigenvalue weighted by molar-refractivity contribution is 0.0738. The van der Waals surface area contributed by atoms with E-state index in [1.54, 1.807) is 6.20 Å². The molecule has 1 aromatic carbocycles. The summed E-state index contributed by atoms with van der Waals surface area (Å²) in [7, 11) is 4.19. The van der Waals surface area contributed by atoms with Crippen molar-refractivity contribution in [3.63, 3.8) is 0 Å². The Morgan fingerprint density at radius 1 is 1.15 bits per heavy atom. The van der Waals surface area contributed by atoms with Crippen LogP contribution in [-0.4, -0.2) is 82.3 Å². The Kier molecular flexibility index (Phi) is 7.15. The molecule has 40 heavy (non-hydrogen) atoms. The van der Waals surface area contributed by atoms with Gasteiger partial charge in [0.2, 0.25) is 0 Å². The first-order chi connectivity index (χ1) is 19.2. The van der Waals surface area contributed by atoms with Gasteiger partial charge in [0.1, 0.15) is 29.8 Å². The van der Waals surface area contributed by atoms with Gasteiger partial charge in [0.25, 0.3) is 0 Å². The van der Waals surface area contributed by atoms with Gasteiger partial charge in [0.05, 0.1) is 10.9 Å². The average molecular weight is 551 g/mol. The highest BCUT2D eigenvalue weighted by atomic mass is 19.1. The topological polar surface area (TPSA) is 66.4 Å². The number of nitrogens with one attached hydrogen (secondary N) is 1. The van der Waals surface area contributed by atoms with Crippen LogP contribution in [0.1, 0.15) is 63.9 Å². The lowest BCUT2D eigenvalue weighted by Crippen LogP contribution is -2.54. The first-order valence-electron chi connectivity index (χ1n) is 14.6.